The second kappa shape index (κ2) is 6.31. The maximum atomic E-state index is 9.87. The Morgan fingerprint density at radius 1 is 1.23 bits per heavy atom. The topological polar surface area (TPSA) is 97.4 Å². The van der Waals surface area contributed by atoms with Crippen LogP contribution in [0.2, 0.25) is 0 Å². The van der Waals surface area contributed by atoms with E-state index in [1.165, 1.54) is 0 Å². The van der Waals surface area contributed by atoms with Crippen LogP contribution in [-0.2, 0) is 0 Å². The highest BCUT2D eigenvalue weighted by Crippen LogP contribution is 2.57. The molecule has 4 nitrogen and oxygen atoms in total. The number of nitrogens with two attached hydrogens (primary N) is 1. The third-order valence-electron chi connectivity index (χ3n) is 5.98. The van der Waals surface area contributed by atoms with Crippen LogP contribution in [-0.4, -0.2) is 0 Å². The number of rotatable bonds is 1. The zero-order valence-corrected chi connectivity index (χ0v) is 16.1. The van der Waals surface area contributed by atoms with Gasteiger partial charge in [0.2, 0.25) is 5.41 Å². The quantitative estimate of drug-likeness (QED) is 0.737. The largest absolute Gasteiger partial charge is 0.399 e. The predicted molar refractivity (Wildman–Crippen MR) is 101 cm³/mol. The van der Waals surface area contributed by atoms with Crippen molar-refractivity contribution in [2.45, 2.75) is 39.5 Å². The van der Waals surface area contributed by atoms with E-state index in [1.54, 1.807) is 11.3 Å². The first-order chi connectivity index (χ1) is 12.3. The van der Waals surface area contributed by atoms with Crippen LogP contribution in [0.15, 0.2) is 39.7 Å². The Balaban J connectivity index is 2.26. The lowest BCUT2D eigenvalue weighted by Crippen LogP contribution is -2.43. The van der Waals surface area contributed by atoms with E-state index in [0.29, 0.717) is 11.5 Å². The Hall–Kier alpha value is -2.55. The van der Waals surface area contributed by atoms with E-state index < -0.39 is 5.41 Å². The summed E-state index contributed by atoms with van der Waals surface area (Å²) >= 11 is 1.58. The molecule has 132 valence electrons. The maximum absolute atomic E-state index is 9.87. The van der Waals surface area contributed by atoms with Crippen molar-refractivity contribution in [2.24, 2.45) is 28.4 Å². The smallest absolute Gasteiger partial charge is 0.204 e. The minimum Gasteiger partial charge on any atom is -0.399 e. The average Bonchev–Trinajstić information content (AvgIpc) is 3.14. The standard InChI is InChI=1S/C21H22N4S/c1-20(2,3)14-4-5-17-15(8-14)18(13-6-7-26-10-13)16(9-22)19(25)21(17,11-23)12-24/h5-7,10,14-15,18H,4,8,25H2,1-3H3/t14-,15-,18+/m0/s1. The van der Waals surface area contributed by atoms with E-state index >= 15 is 0 Å². The highest BCUT2D eigenvalue weighted by molar-refractivity contribution is 7.08. The van der Waals surface area contributed by atoms with E-state index in [2.05, 4.69) is 45.1 Å². The monoisotopic (exact) mass is 362 g/mol. The second-order valence-electron chi connectivity index (χ2n) is 8.25. The molecule has 3 rings (SSSR count). The number of hydrogen-bond donors (Lipinski definition) is 1. The van der Waals surface area contributed by atoms with Crippen LogP contribution in [0.25, 0.3) is 0 Å². The van der Waals surface area contributed by atoms with Crippen molar-refractivity contribution in [1.29, 1.82) is 15.8 Å². The molecule has 5 heteroatoms. The summed E-state index contributed by atoms with van der Waals surface area (Å²) in [7, 11) is 0. The van der Waals surface area contributed by atoms with E-state index in [-0.39, 0.29) is 22.9 Å². The number of nitriles is 3. The van der Waals surface area contributed by atoms with Crippen molar-refractivity contribution in [3.05, 3.63) is 45.3 Å². The fraction of sp³-hybridized carbons (Fsp3) is 0.476. The Morgan fingerprint density at radius 2 is 1.92 bits per heavy atom. The van der Waals surface area contributed by atoms with Gasteiger partial charge in [0.15, 0.2) is 0 Å². The first-order valence-corrected chi connectivity index (χ1v) is 9.69. The third-order valence-corrected chi connectivity index (χ3v) is 6.69. The first-order valence-electron chi connectivity index (χ1n) is 8.75. The van der Waals surface area contributed by atoms with Gasteiger partial charge in [-0.25, -0.2) is 0 Å². The van der Waals surface area contributed by atoms with Crippen LogP contribution < -0.4 is 5.73 Å². The molecule has 2 aliphatic carbocycles. The molecular formula is C21H22N4S. The van der Waals surface area contributed by atoms with Gasteiger partial charge in [-0.1, -0.05) is 26.8 Å². The molecule has 0 unspecified atom stereocenters. The summed E-state index contributed by atoms with van der Waals surface area (Å²) in [5, 5.41) is 33.6. The lowest BCUT2D eigenvalue weighted by molar-refractivity contribution is 0.180. The fourth-order valence-corrected chi connectivity index (χ4v) is 5.08. The van der Waals surface area contributed by atoms with Gasteiger partial charge in [0.25, 0.3) is 0 Å². The van der Waals surface area contributed by atoms with Crippen LogP contribution in [0.5, 0.6) is 0 Å². The van der Waals surface area contributed by atoms with Crippen molar-refractivity contribution in [2.75, 3.05) is 0 Å². The third kappa shape index (κ3) is 2.54. The summed E-state index contributed by atoms with van der Waals surface area (Å²) in [6, 6.07) is 8.53. The SMILES string of the molecule is CC(C)(C)[C@H]1CC=C2[C@H](C1)[C@@H](c1ccsc1)C(C#N)=C(N)C2(C#N)C#N. The van der Waals surface area contributed by atoms with Crippen LogP contribution in [0.3, 0.4) is 0 Å². The second-order valence-corrected chi connectivity index (χ2v) is 9.03. The summed E-state index contributed by atoms with van der Waals surface area (Å²) < 4.78 is 0. The normalized spacial score (nSPS) is 27.5. The van der Waals surface area contributed by atoms with Crippen LogP contribution in [0.4, 0.5) is 0 Å². The molecule has 0 aliphatic heterocycles. The Kier molecular flexibility index (Phi) is 4.43. The molecule has 2 aliphatic rings. The van der Waals surface area contributed by atoms with Gasteiger partial charge in [0.1, 0.15) is 0 Å². The van der Waals surface area contributed by atoms with Crippen molar-refractivity contribution in [3.63, 3.8) is 0 Å². The van der Waals surface area contributed by atoms with Crippen LogP contribution in [0, 0.1) is 56.7 Å². The fourth-order valence-electron chi connectivity index (χ4n) is 4.39. The summed E-state index contributed by atoms with van der Waals surface area (Å²) in [5.41, 5.74) is 7.20. The van der Waals surface area contributed by atoms with Gasteiger partial charge in [-0.15, -0.1) is 0 Å². The molecule has 1 aromatic heterocycles. The molecule has 2 N–H and O–H groups in total. The Labute approximate surface area is 158 Å². The van der Waals surface area contributed by atoms with Gasteiger partial charge in [-0.2, -0.15) is 27.1 Å². The van der Waals surface area contributed by atoms with Crippen molar-refractivity contribution < 1.29 is 0 Å². The molecule has 3 atom stereocenters. The van der Waals surface area contributed by atoms with Gasteiger partial charge < -0.3 is 5.73 Å². The minimum absolute atomic E-state index is 0.0520. The van der Waals surface area contributed by atoms with Gasteiger partial charge in [0, 0.05) is 5.92 Å². The average molecular weight is 363 g/mol. The lowest BCUT2D eigenvalue weighted by Gasteiger charge is -2.46. The molecular weight excluding hydrogens is 340 g/mol. The van der Waals surface area contributed by atoms with Gasteiger partial charge >= 0.3 is 0 Å². The van der Waals surface area contributed by atoms with Gasteiger partial charge in [0.05, 0.1) is 29.5 Å². The summed E-state index contributed by atoms with van der Waals surface area (Å²) in [6.45, 7) is 6.66. The molecule has 1 aromatic rings. The molecule has 0 amide bonds. The molecule has 0 aromatic carbocycles. The highest BCUT2D eigenvalue weighted by Gasteiger charge is 2.53. The van der Waals surface area contributed by atoms with E-state index in [0.717, 1.165) is 24.0 Å². The first kappa shape index (κ1) is 18.2. The highest BCUT2D eigenvalue weighted by atomic mass is 32.1. The number of allylic oxidation sites excluding steroid dienone is 3. The molecule has 0 saturated carbocycles. The van der Waals surface area contributed by atoms with Gasteiger partial charge in [-0.05, 0) is 58.1 Å². The molecule has 0 radical (unpaired) electrons. The summed E-state index contributed by atoms with van der Waals surface area (Å²) in [6.07, 6.45) is 3.72. The van der Waals surface area contributed by atoms with Crippen molar-refractivity contribution >= 4 is 11.3 Å². The molecule has 0 fully saturated rings. The lowest BCUT2D eigenvalue weighted by atomic mass is 9.55. The minimum atomic E-state index is -1.52. The zero-order valence-electron chi connectivity index (χ0n) is 15.3. The van der Waals surface area contributed by atoms with Crippen molar-refractivity contribution in [3.8, 4) is 18.2 Å². The Bertz CT molecular complexity index is 880. The van der Waals surface area contributed by atoms with Gasteiger partial charge in [-0.3, -0.25) is 0 Å². The number of nitrogens with zero attached hydrogens (tertiary/aromatic N) is 3. The number of thiophene rings is 1. The molecule has 1 heterocycles. The Morgan fingerprint density at radius 3 is 2.42 bits per heavy atom. The summed E-state index contributed by atoms with van der Waals surface area (Å²) in [5.74, 6) is 0.188. The predicted octanol–water partition coefficient (Wildman–Crippen LogP) is 4.61. The van der Waals surface area contributed by atoms with E-state index in [4.69, 9.17) is 5.73 Å². The van der Waals surface area contributed by atoms with Crippen LogP contribution >= 0.6 is 11.3 Å². The van der Waals surface area contributed by atoms with Crippen molar-refractivity contribution in [1.82, 2.24) is 0 Å². The van der Waals surface area contributed by atoms with Crippen LogP contribution in [0.1, 0.15) is 45.1 Å². The van der Waals surface area contributed by atoms with E-state index in [1.807, 2.05) is 16.8 Å². The molecule has 26 heavy (non-hydrogen) atoms. The zero-order chi connectivity index (χ0) is 19.1. The molecule has 0 bridgehead atoms. The maximum Gasteiger partial charge on any atom is 0.204 e. The van der Waals surface area contributed by atoms with E-state index in [9.17, 15) is 15.8 Å². The summed E-state index contributed by atoms with van der Waals surface area (Å²) in [4.78, 5) is 0. The number of fused-ring (bicyclic) bond motifs is 1. The molecule has 0 spiro atoms. The molecule has 0 saturated heterocycles. The number of hydrogen-bond acceptors (Lipinski definition) is 5.